The van der Waals surface area contributed by atoms with Crippen molar-refractivity contribution in [1.29, 1.82) is 0 Å². The maximum Gasteiger partial charge on any atom is 0.328 e. The molecule has 0 aromatic heterocycles. The van der Waals surface area contributed by atoms with Crippen molar-refractivity contribution in [1.82, 2.24) is 5.32 Å². The molecule has 0 aliphatic heterocycles. The van der Waals surface area contributed by atoms with Crippen LogP contribution in [0.5, 0.6) is 0 Å². The van der Waals surface area contributed by atoms with Crippen LogP contribution in [0, 0.1) is 0 Å². The molecule has 1 aromatic rings. The summed E-state index contributed by atoms with van der Waals surface area (Å²) in [5, 5.41) is 19.6. The molecule has 0 heterocycles. The normalized spacial score (nSPS) is 13.7. The monoisotopic (exact) mass is 252 g/mol. The highest BCUT2D eigenvalue weighted by atomic mass is 16.4. The maximum atomic E-state index is 11.6. The zero-order valence-corrected chi connectivity index (χ0v) is 9.74. The van der Waals surface area contributed by atoms with Gasteiger partial charge in [0.1, 0.15) is 6.04 Å². The highest BCUT2D eigenvalue weighted by Gasteiger charge is 2.22. The quantitative estimate of drug-likeness (QED) is 0.525. The van der Waals surface area contributed by atoms with Crippen LogP contribution in [0.3, 0.4) is 0 Å². The molecule has 2 atom stereocenters. The topological polar surface area (TPSA) is 113 Å². The second kappa shape index (κ2) is 6.73. The van der Waals surface area contributed by atoms with E-state index in [4.69, 9.17) is 15.9 Å². The summed E-state index contributed by atoms with van der Waals surface area (Å²) in [6.45, 7) is -0.668. The third-order valence-corrected chi connectivity index (χ3v) is 2.43. The van der Waals surface area contributed by atoms with Crippen molar-refractivity contribution in [3.05, 3.63) is 35.9 Å². The Labute approximate surface area is 104 Å². The fourth-order valence-electron chi connectivity index (χ4n) is 1.42. The van der Waals surface area contributed by atoms with Gasteiger partial charge < -0.3 is 21.3 Å². The number of hydrogen-bond acceptors (Lipinski definition) is 4. The molecular formula is C12H16N2O4. The van der Waals surface area contributed by atoms with Gasteiger partial charge in [-0.15, -0.1) is 0 Å². The molecule has 6 nitrogen and oxygen atoms in total. The maximum absolute atomic E-state index is 11.6. The molecule has 0 bridgehead atoms. The Morgan fingerprint density at radius 2 is 1.89 bits per heavy atom. The fraction of sp³-hybridized carbons (Fsp3) is 0.333. The molecule has 0 aliphatic rings. The van der Waals surface area contributed by atoms with Crippen molar-refractivity contribution < 1.29 is 19.8 Å². The van der Waals surface area contributed by atoms with Gasteiger partial charge in [-0.2, -0.15) is 0 Å². The smallest absolute Gasteiger partial charge is 0.328 e. The van der Waals surface area contributed by atoms with Gasteiger partial charge in [0.2, 0.25) is 5.91 Å². The molecule has 18 heavy (non-hydrogen) atoms. The number of aliphatic carboxylic acids is 1. The number of carbonyl (C=O) groups excluding carboxylic acids is 1. The summed E-state index contributed by atoms with van der Waals surface area (Å²) in [6.07, 6.45) is 0.310. The van der Waals surface area contributed by atoms with Crippen LogP contribution >= 0.6 is 0 Å². The van der Waals surface area contributed by atoms with Crippen LogP contribution in [0.4, 0.5) is 0 Å². The summed E-state index contributed by atoms with van der Waals surface area (Å²) in [7, 11) is 0. The number of aliphatic hydroxyl groups is 1. The van der Waals surface area contributed by atoms with Crippen molar-refractivity contribution >= 4 is 11.9 Å². The van der Waals surface area contributed by atoms with Gasteiger partial charge >= 0.3 is 5.97 Å². The van der Waals surface area contributed by atoms with E-state index in [-0.39, 0.29) is 0 Å². The van der Waals surface area contributed by atoms with Gasteiger partial charge in [-0.1, -0.05) is 30.3 Å². The summed E-state index contributed by atoms with van der Waals surface area (Å²) in [5.74, 6) is -1.89. The Morgan fingerprint density at radius 1 is 1.28 bits per heavy atom. The summed E-state index contributed by atoms with van der Waals surface area (Å²) in [4.78, 5) is 22.2. The van der Waals surface area contributed by atoms with Crippen molar-refractivity contribution in [2.75, 3.05) is 6.61 Å². The van der Waals surface area contributed by atoms with E-state index in [0.29, 0.717) is 6.42 Å². The minimum absolute atomic E-state index is 0.310. The molecule has 98 valence electrons. The lowest BCUT2D eigenvalue weighted by atomic mass is 10.1. The molecule has 0 aliphatic carbocycles. The Hall–Kier alpha value is -1.92. The van der Waals surface area contributed by atoms with Gasteiger partial charge in [-0.3, -0.25) is 4.79 Å². The van der Waals surface area contributed by atoms with E-state index in [1.807, 2.05) is 30.3 Å². The number of carboxylic acids is 1. The van der Waals surface area contributed by atoms with E-state index in [2.05, 4.69) is 5.32 Å². The Balaban J connectivity index is 2.54. The van der Waals surface area contributed by atoms with Crippen molar-refractivity contribution in [3.8, 4) is 0 Å². The molecule has 1 amide bonds. The van der Waals surface area contributed by atoms with Crippen molar-refractivity contribution in [2.45, 2.75) is 18.5 Å². The van der Waals surface area contributed by atoms with Crippen molar-refractivity contribution in [2.24, 2.45) is 5.73 Å². The van der Waals surface area contributed by atoms with E-state index in [9.17, 15) is 9.59 Å². The van der Waals surface area contributed by atoms with Crippen LogP contribution in [-0.2, 0) is 16.0 Å². The number of amides is 1. The molecular weight excluding hydrogens is 236 g/mol. The highest BCUT2D eigenvalue weighted by molar-refractivity contribution is 5.87. The summed E-state index contributed by atoms with van der Waals surface area (Å²) in [6, 6.07) is 6.99. The first-order valence-corrected chi connectivity index (χ1v) is 5.48. The van der Waals surface area contributed by atoms with Crippen LogP contribution in [0.15, 0.2) is 30.3 Å². The third kappa shape index (κ3) is 4.15. The number of aliphatic hydroxyl groups excluding tert-OH is 1. The van der Waals surface area contributed by atoms with Gasteiger partial charge in [-0.05, 0) is 12.0 Å². The minimum Gasteiger partial charge on any atom is -0.480 e. The average Bonchev–Trinajstić information content (AvgIpc) is 2.36. The Kier molecular flexibility index (Phi) is 5.29. The van der Waals surface area contributed by atoms with Crippen LogP contribution < -0.4 is 11.1 Å². The van der Waals surface area contributed by atoms with Gasteiger partial charge in [-0.25, -0.2) is 4.79 Å². The first-order chi connectivity index (χ1) is 8.54. The third-order valence-electron chi connectivity index (χ3n) is 2.43. The van der Waals surface area contributed by atoms with Gasteiger partial charge in [0, 0.05) is 0 Å². The molecule has 1 unspecified atom stereocenters. The van der Waals surface area contributed by atoms with Crippen LogP contribution in [-0.4, -0.2) is 40.8 Å². The molecule has 0 radical (unpaired) electrons. The summed E-state index contributed by atoms with van der Waals surface area (Å²) < 4.78 is 0. The molecule has 6 heteroatoms. The van der Waals surface area contributed by atoms with E-state index in [0.717, 1.165) is 5.56 Å². The molecule has 0 spiro atoms. The lowest BCUT2D eigenvalue weighted by molar-refractivity contribution is -0.143. The lowest BCUT2D eigenvalue weighted by Crippen LogP contribution is -2.50. The number of nitrogens with one attached hydrogen (secondary N) is 1. The molecule has 0 fully saturated rings. The summed E-state index contributed by atoms with van der Waals surface area (Å²) >= 11 is 0. The van der Waals surface area contributed by atoms with E-state index >= 15 is 0 Å². The number of benzene rings is 1. The van der Waals surface area contributed by atoms with Crippen LogP contribution in [0.1, 0.15) is 5.56 Å². The predicted molar refractivity (Wildman–Crippen MR) is 64.8 cm³/mol. The molecule has 5 N–H and O–H groups in total. The zero-order valence-electron chi connectivity index (χ0n) is 9.74. The standard InChI is InChI=1S/C12H16N2O4/c13-9(6-8-4-2-1-3-5-8)11(16)14-10(7-15)12(17)18/h1-5,9-10,15H,6-7,13H2,(H,14,16)(H,17,18)/t9?,10-/m0/s1. The average molecular weight is 252 g/mol. The molecule has 1 aromatic carbocycles. The Morgan fingerprint density at radius 3 is 2.39 bits per heavy atom. The first-order valence-electron chi connectivity index (χ1n) is 5.48. The van der Waals surface area contributed by atoms with Crippen LogP contribution in [0.2, 0.25) is 0 Å². The van der Waals surface area contributed by atoms with Gasteiger partial charge in [0.05, 0.1) is 12.6 Å². The predicted octanol–water partition coefficient (Wildman–Crippen LogP) is -0.882. The van der Waals surface area contributed by atoms with E-state index in [1.165, 1.54) is 0 Å². The first kappa shape index (κ1) is 14.1. The zero-order chi connectivity index (χ0) is 13.5. The molecule has 1 rings (SSSR count). The van der Waals surface area contributed by atoms with Gasteiger partial charge in [0.25, 0.3) is 0 Å². The largest absolute Gasteiger partial charge is 0.480 e. The highest BCUT2D eigenvalue weighted by Crippen LogP contribution is 2.02. The molecule has 0 saturated heterocycles. The fourth-order valence-corrected chi connectivity index (χ4v) is 1.42. The molecule has 0 saturated carbocycles. The second-order valence-electron chi connectivity index (χ2n) is 3.88. The minimum atomic E-state index is -1.32. The SMILES string of the molecule is NC(Cc1ccccc1)C(=O)N[C@@H](CO)C(=O)O. The number of hydrogen-bond donors (Lipinski definition) is 4. The summed E-state index contributed by atoms with van der Waals surface area (Å²) in [5.41, 5.74) is 6.55. The van der Waals surface area contributed by atoms with E-state index < -0.39 is 30.6 Å². The Bertz CT molecular complexity index is 408. The second-order valence-corrected chi connectivity index (χ2v) is 3.88. The van der Waals surface area contributed by atoms with Gasteiger partial charge in [0.15, 0.2) is 0 Å². The number of carboxylic acid groups (broad SMARTS) is 1. The number of nitrogens with two attached hydrogens (primary N) is 1. The number of rotatable bonds is 6. The number of carbonyl (C=O) groups is 2. The lowest BCUT2D eigenvalue weighted by Gasteiger charge is -2.16. The van der Waals surface area contributed by atoms with E-state index in [1.54, 1.807) is 0 Å². The van der Waals surface area contributed by atoms with Crippen molar-refractivity contribution in [3.63, 3.8) is 0 Å². The van der Waals surface area contributed by atoms with Crippen LogP contribution in [0.25, 0.3) is 0 Å².